The van der Waals surface area contributed by atoms with Gasteiger partial charge in [0.15, 0.2) is 11.4 Å². The van der Waals surface area contributed by atoms with Crippen LogP contribution < -0.4 is 0 Å². The topological polar surface area (TPSA) is 80.9 Å². The van der Waals surface area contributed by atoms with Crippen LogP contribution in [-0.2, 0) is 23.2 Å². The van der Waals surface area contributed by atoms with Crippen LogP contribution in [0, 0.1) is 0 Å². The van der Waals surface area contributed by atoms with Gasteiger partial charge in [-0.1, -0.05) is 0 Å². The van der Waals surface area contributed by atoms with Gasteiger partial charge >= 0.3 is 5.97 Å². The molecule has 1 fully saturated rings. The minimum atomic E-state index is -0.941. The molecule has 4 rings (SSSR count). The molecule has 2 aromatic heterocycles. The lowest BCUT2D eigenvalue weighted by Crippen LogP contribution is -2.48. The molecule has 0 atom stereocenters. The largest absolute Gasteiger partial charge is 0.479 e. The Bertz CT molecular complexity index is 678. The Morgan fingerprint density at radius 3 is 2.76 bits per heavy atom. The highest BCUT2D eigenvalue weighted by Gasteiger charge is 2.49. The van der Waals surface area contributed by atoms with E-state index < -0.39 is 11.5 Å². The van der Waals surface area contributed by atoms with Gasteiger partial charge in [-0.05, 0) is 67.0 Å². The summed E-state index contributed by atoms with van der Waals surface area (Å²) >= 11 is 1.71. The normalized spacial score (nSPS) is 19.8. The standard InChI is InChI=1S/C14H16N4O2S/c19-13(20)14(6-3-7-14)18-12(15-16-17-18)11-8-9-4-1-2-5-10(9)21-11/h8H,1-7H2,(H,19,20). The fourth-order valence-electron chi connectivity index (χ4n) is 3.26. The van der Waals surface area contributed by atoms with Crippen molar-refractivity contribution in [1.29, 1.82) is 0 Å². The first-order valence-corrected chi connectivity index (χ1v) is 8.16. The molecule has 2 aliphatic rings. The fraction of sp³-hybridized carbons (Fsp3) is 0.571. The molecule has 0 spiro atoms. The summed E-state index contributed by atoms with van der Waals surface area (Å²) in [4.78, 5) is 14.1. The minimum absolute atomic E-state index is 0.603. The molecular formula is C14H16N4O2S. The number of tetrazole rings is 1. The van der Waals surface area contributed by atoms with Crippen LogP contribution in [0.2, 0.25) is 0 Å². The SMILES string of the molecule is O=C(O)C1(n2nnnc2-c2cc3c(s2)CCCC3)CCC1. The van der Waals surface area contributed by atoms with Gasteiger partial charge in [-0.2, -0.15) is 0 Å². The highest BCUT2D eigenvalue weighted by atomic mass is 32.1. The molecule has 7 heteroatoms. The zero-order valence-corrected chi connectivity index (χ0v) is 12.4. The van der Waals surface area contributed by atoms with Crippen LogP contribution >= 0.6 is 11.3 Å². The maximum atomic E-state index is 11.7. The first-order chi connectivity index (χ1) is 10.2. The Morgan fingerprint density at radius 1 is 1.29 bits per heavy atom. The molecule has 110 valence electrons. The summed E-state index contributed by atoms with van der Waals surface area (Å²) in [6, 6.07) is 2.15. The third-order valence-electron chi connectivity index (χ3n) is 4.67. The molecular weight excluding hydrogens is 288 g/mol. The van der Waals surface area contributed by atoms with E-state index in [1.807, 2.05) is 0 Å². The van der Waals surface area contributed by atoms with E-state index >= 15 is 0 Å². The molecule has 0 saturated heterocycles. The molecule has 0 bridgehead atoms. The van der Waals surface area contributed by atoms with Crippen molar-refractivity contribution >= 4 is 17.3 Å². The Morgan fingerprint density at radius 2 is 2.10 bits per heavy atom. The van der Waals surface area contributed by atoms with Crippen molar-refractivity contribution in [2.75, 3.05) is 0 Å². The third kappa shape index (κ3) is 1.83. The van der Waals surface area contributed by atoms with Gasteiger partial charge in [0.2, 0.25) is 0 Å². The number of hydrogen-bond acceptors (Lipinski definition) is 5. The van der Waals surface area contributed by atoms with Crippen molar-refractivity contribution in [3.8, 4) is 10.7 Å². The molecule has 21 heavy (non-hydrogen) atoms. The molecule has 6 nitrogen and oxygen atoms in total. The Kier molecular flexibility index (Phi) is 2.85. The zero-order valence-electron chi connectivity index (χ0n) is 11.6. The van der Waals surface area contributed by atoms with Gasteiger partial charge in [-0.25, -0.2) is 9.48 Å². The summed E-state index contributed by atoms with van der Waals surface area (Å²) in [6.07, 6.45) is 6.80. The lowest BCUT2D eigenvalue weighted by Gasteiger charge is -2.37. The maximum absolute atomic E-state index is 11.7. The number of carboxylic acids is 1. The monoisotopic (exact) mass is 304 g/mol. The van der Waals surface area contributed by atoms with Crippen LogP contribution in [0.4, 0.5) is 0 Å². The Labute approximate surface area is 125 Å². The molecule has 0 amide bonds. The third-order valence-corrected chi connectivity index (χ3v) is 5.90. The summed E-state index contributed by atoms with van der Waals surface area (Å²) in [6.45, 7) is 0. The van der Waals surface area contributed by atoms with E-state index in [4.69, 9.17) is 0 Å². The number of hydrogen-bond donors (Lipinski definition) is 1. The van der Waals surface area contributed by atoms with Crippen LogP contribution in [0.15, 0.2) is 6.07 Å². The smallest absolute Gasteiger partial charge is 0.331 e. The fourth-order valence-corrected chi connectivity index (χ4v) is 4.48. The van der Waals surface area contributed by atoms with Crippen LogP contribution in [0.25, 0.3) is 10.7 Å². The first-order valence-electron chi connectivity index (χ1n) is 7.35. The second-order valence-electron chi connectivity index (χ2n) is 5.87. The number of aryl methyl sites for hydroxylation is 2. The number of fused-ring (bicyclic) bond motifs is 1. The number of thiophene rings is 1. The molecule has 1 saturated carbocycles. The number of rotatable bonds is 3. The molecule has 0 aliphatic heterocycles. The Balaban J connectivity index is 1.78. The number of carboxylic acid groups (broad SMARTS) is 1. The van der Waals surface area contributed by atoms with Gasteiger partial charge in [0.05, 0.1) is 4.88 Å². The number of nitrogens with zero attached hydrogens (tertiary/aromatic N) is 4. The van der Waals surface area contributed by atoms with E-state index in [9.17, 15) is 9.90 Å². The van der Waals surface area contributed by atoms with Crippen molar-refractivity contribution < 1.29 is 9.90 Å². The van der Waals surface area contributed by atoms with E-state index in [2.05, 4.69) is 21.6 Å². The number of carbonyl (C=O) groups is 1. The van der Waals surface area contributed by atoms with Crippen molar-refractivity contribution in [1.82, 2.24) is 20.2 Å². The van der Waals surface area contributed by atoms with Crippen LogP contribution in [0.5, 0.6) is 0 Å². The van der Waals surface area contributed by atoms with Crippen molar-refractivity contribution in [3.05, 3.63) is 16.5 Å². The average molecular weight is 304 g/mol. The van der Waals surface area contributed by atoms with Crippen molar-refractivity contribution in [3.63, 3.8) is 0 Å². The van der Waals surface area contributed by atoms with Gasteiger partial charge < -0.3 is 5.11 Å². The van der Waals surface area contributed by atoms with Crippen molar-refractivity contribution in [2.45, 2.75) is 50.5 Å². The number of aromatic nitrogens is 4. The molecule has 1 N–H and O–H groups in total. The molecule has 2 aromatic rings. The van der Waals surface area contributed by atoms with E-state index in [0.717, 1.165) is 24.1 Å². The van der Waals surface area contributed by atoms with E-state index in [1.165, 1.54) is 28.0 Å². The summed E-state index contributed by atoms with van der Waals surface area (Å²) in [5.41, 5.74) is 0.442. The van der Waals surface area contributed by atoms with Gasteiger partial charge in [0.1, 0.15) is 0 Å². The molecule has 2 heterocycles. The molecule has 0 radical (unpaired) electrons. The lowest BCUT2D eigenvalue weighted by atomic mass is 9.77. The van der Waals surface area contributed by atoms with Crippen LogP contribution in [0.1, 0.15) is 42.5 Å². The highest BCUT2D eigenvalue weighted by Crippen LogP contribution is 2.42. The maximum Gasteiger partial charge on any atom is 0.331 e. The van der Waals surface area contributed by atoms with Gasteiger partial charge in [0.25, 0.3) is 0 Å². The predicted octanol–water partition coefficient (Wildman–Crippen LogP) is 2.24. The van der Waals surface area contributed by atoms with Gasteiger partial charge in [-0.3, -0.25) is 0 Å². The second kappa shape index (κ2) is 4.62. The van der Waals surface area contributed by atoms with Gasteiger partial charge in [-0.15, -0.1) is 16.4 Å². The Hall–Kier alpha value is -1.76. The molecule has 2 aliphatic carbocycles. The second-order valence-corrected chi connectivity index (χ2v) is 7.01. The molecule has 0 aromatic carbocycles. The van der Waals surface area contributed by atoms with Crippen LogP contribution in [-0.4, -0.2) is 31.3 Å². The van der Waals surface area contributed by atoms with Crippen LogP contribution in [0.3, 0.4) is 0 Å². The summed E-state index contributed by atoms with van der Waals surface area (Å²) in [5.74, 6) is -0.222. The number of aliphatic carboxylic acids is 1. The van der Waals surface area contributed by atoms with E-state index in [1.54, 1.807) is 11.3 Å². The van der Waals surface area contributed by atoms with Gasteiger partial charge in [0, 0.05) is 4.88 Å². The van der Waals surface area contributed by atoms with E-state index in [0.29, 0.717) is 18.7 Å². The summed E-state index contributed by atoms with van der Waals surface area (Å²) in [7, 11) is 0. The van der Waals surface area contributed by atoms with E-state index in [-0.39, 0.29) is 0 Å². The quantitative estimate of drug-likeness (QED) is 0.940. The zero-order chi connectivity index (χ0) is 14.4. The predicted molar refractivity (Wildman–Crippen MR) is 77.2 cm³/mol. The minimum Gasteiger partial charge on any atom is -0.479 e. The lowest BCUT2D eigenvalue weighted by molar-refractivity contribution is -0.153. The highest BCUT2D eigenvalue weighted by molar-refractivity contribution is 7.15. The molecule has 0 unspecified atom stereocenters. The first kappa shape index (κ1) is 12.9. The summed E-state index contributed by atoms with van der Waals surface area (Å²) < 4.78 is 1.54. The van der Waals surface area contributed by atoms with Crippen molar-refractivity contribution in [2.24, 2.45) is 0 Å². The summed E-state index contributed by atoms with van der Waals surface area (Å²) in [5, 5.41) is 21.4. The average Bonchev–Trinajstić information content (AvgIpc) is 3.02.